The van der Waals surface area contributed by atoms with Gasteiger partial charge in [-0.15, -0.1) is 0 Å². The van der Waals surface area contributed by atoms with Crippen LogP contribution < -0.4 is 4.90 Å². The van der Waals surface area contributed by atoms with Gasteiger partial charge in [0.25, 0.3) is 0 Å². The fourth-order valence-electron chi connectivity index (χ4n) is 5.40. The highest BCUT2D eigenvalue weighted by molar-refractivity contribution is 6.01. The Balaban J connectivity index is 1.58. The third-order valence-corrected chi connectivity index (χ3v) is 7.20. The number of aromatic nitrogens is 6. The third-order valence-electron chi connectivity index (χ3n) is 7.20. The van der Waals surface area contributed by atoms with Crippen molar-refractivity contribution >= 4 is 16.7 Å². The zero-order valence-electron chi connectivity index (χ0n) is 21.2. The fraction of sp³-hybridized carbons (Fsp3) is 0.481. The molecule has 0 N–H and O–H groups in total. The number of ether oxygens (including phenoxy) is 2. The zero-order chi connectivity index (χ0) is 24.6. The van der Waals surface area contributed by atoms with E-state index in [1.807, 2.05) is 30.1 Å². The van der Waals surface area contributed by atoms with Crippen LogP contribution in [0.5, 0.6) is 0 Å². The highest BCUT2D eigenvalue weighted by atomic mass is 16.5. The van der Waals surface area contributed by atoms with Gasteiger partial charge >= 0.3 is 0 Å². The normalized spacial score (nSPS) is 20.8. The van der Waals surface area contributed by atoms with Gasteiger partial charge < -0.3 is 14.4 Å². The van der Waals surface area contributed by atoms with Crippen molar-refractivity contribution in [2.75, 3.05) is 31.3 Å². The second kappa shape index (κ2) is 9.63. The van der Waals surface area contributed by atoms with Gasteiger partial charge in [0.2, 0.25) is 0 Å². The summed E-state index contributed by atoms with van der Waals surface area (Å²) in [6, 6.07) is 8.68. The van der Waals surface area contributed by atoms with E-state index in [1.165, 1.54) is 0 Å². The summed E-state index contributed by atoms with van der Waals surface area (Å²) in [5.41, 5.74) is 5.81. The highest BCUT2D eigenvalue weighted by Crippen LogP contribution is 2.37. The smallest absolute Gasteiger partial charge is 0.150 e. The van der Waals surface area contributed by atoms with E-state index in [-0.39, 0.29) is 12.3 Å². The van der Waals surface area contributed by atoms with Gasteiger partial charge in [-0.25, -0.2) is 9.67 Å². The van der Waals surface area contributed by atoms with Gasteiger partial charge in [0.15, 0.2) is 6.23 Å². The van der Waals surface area contributed by atoms with Crippen LogP contribution in [0.2, 0.25) is 0 Å². The third kappa shape index (κ3) is 4.06. The predicted octanol–water partition coefficient (Wildman–Crippen LogP) is 4.61. The number of rotatable bonds is 5. The van der Waals surface area contributed by atoms with Crippen LogP contribution in [0.1, 0.15) is 45.0 Å². The number of fused-ring (bicyclic) bond motifs is 1. The average Bonchev–Trinajstić information content (AvgIpc) is 3.55. The maximum atomic E-state index is 6.07. The van der Waals surface area contributed by atoms with E-state index in [0.29, 0.717) is 13.2 Å². The number of aryl methyl sites for hydroxylation is 2. The Labute approximate surface area is 211 Å². The molecule has 4 aromatic rings. The van der Waals surface area contributed by atoms with Gasteiger partial charge in [0, 0.05) is 43.0 Å². The van der Waals surface area contributed by atoms with Gasteiger partial charge in [-0.3, -0.25) is 9.67 Å². The van der Waals surface area contributed by atoms with Crippen LogP contribution in [0, 0.1) is 6.92 Å². The summed E-state index contributed by atoms with van der Waals surface area (Å²) >= 11 is 0. The Morgan fingerprint density at radius 1 is 1.08 bits per heavy atom. The Hall–Kier alpha value is -3.30. The van der Waals surface area contributed by atoms with E-state index in [0.717, 1.165) is 84.0 Å². The molecule has 188 valence electrons. The summed E-state index contributed by atoms with van der Waals surface area (Å²) in [6.07, 6.45) is 6.80. The Bertz CT molecular complexity index is 1370. The van der Waals surface area contributed by atoms with Gasteiger partial charge in [-0.2, -0.15) is 10.2 Å². The molecular weight excluding hydrogens is 454 g/mol. The molecule has 6 rings (SSSR count). The van der Waals surface area contributed by atoms with Crippen molar-refractivity contribution < 1.29 is 9.47 Å². The second-order valence-electron chi connectivity index (χ2n) is 9.67. The summed E-state index contributed by atoms with van der Waals surface area (Å²) in [5, 5.41) is 10.4. The summed E-state index contributed by atoms with van der Waals surface area (Å²) < 4.78 is 15.8. The van der Waals surface area contributed by atoms with E-state index in [1.54, 1.807) is 0 Å². The molecule has 0 spiro atoms. The summed E-state index contributed by atoms with van der Waals surface area (Å²) in [4.78, 5) is 12.4. The Kier molecular flexibility index (Phi) is 6.18. The van der Waals surface area contributed by atoms with Crippen molar-refractivity contribution in [2.24, 2.45) is 0 Å². The first-order valence-electron chi connectivity index (χ1n) is 13.0. The largest absolute Gasteiger partial charge is 0.377 e. The molecule has 6 heterocycles. The first-order chi connectivity index (χ1) is 17.6. The van der Waals surface area contributed by atoms with Crippen LogP contribution in [0.25, 0.3) is 33.5 Å². The van der Waals surface area contributed by atoms with Crippen molar-refractivity contribution in [1.29, 1.82) is 0 Å². The van der Waals surface area contributed by atoms with Gasteiger partial charge in [0.05, 0.1) is 36.3 Å². The first kappa shape index (κ1) is 23.1. The number of anilines is 1. The van der Waals surface area contributed by atoms with Crippen molar-refractivity contribution in [2.45, 2.75) is 58.8 Å². The van der Waals surface area contributed by atoms with Gasteiger partial charge in [-0.05, 0) is 64.3 Å². The maximum absolute atomic E-state index is 6.07. The van der Waals surface area contributed by atoms with Crippen molar-refractivity contribution in [1.82, 2.24) is 29.5 Å². The minimum atomic E-state index is -0.0769. The molecule has 0 saturated carbocycles. The maximum Gasteiger partial charge on any atom is 0.150 e. The van der Waals surface area contributed by atoms with E-state index in [9.17, 15) is 0 Å². The van der Waals surface area contributed by atoms with E-state index in [4.69, 9.17) is 24.5 Å². The van der Waals surface area contributed by atoms with Crippen molar-refractivity contribution in [3.63, 3.8) is 0 Å². The molecule has 2 fully saturated rings. The topological polar surface area (TPSA) is 83.1 Å². The van der Waals surface area contributed by atoms with Gasteiger partial charge in [-0.1, -0.05) is 0 Å². The average molecular weight is 488 g/mol. The molecule has 36 heavy (non-hydrogen) atoms. The molecule has 4 aromatic heterocycles. The highest BCUT2D eigenvalue weighted by Gasteiger charge is 2.26. The molecule has 0 amide bonds. The lowest BCUT2D eigenvalue weighted by Gasteiger charge is -2.34. The number of hydrogen-bond acceptors (Lipinski definition) is 7. The SMILES string of the molecule is CCn1nc(C)cc1-c1cc(N2CCOCC2C)nc2c(-c3ccnn3C3CCCCO3)nccc12. The lowest BCUT2D eigenvalue weighted by molar-refractivity contribution is -0.0383. The van der Waals surface area contributed by atoms with Crippen LogP contribution in [0.3, 0.4) is 0 Å². The second-order valence-corrected chi connectivity index (χ2v) is 9.67. The van der Waals surface area contributed by atoms with Crippen LogP contribution in [-0.2, 0) is 16.0 Å². The lowest BCUT2D eigenvalue weighted by atomic mass is 10.0. The van der Waals surface area contributed by atoms with Crippen molar-refractivity contribution in [3.8, 4) is 22.6 Å². The Morgan fingerprint density at radius 2 is 2.00 bits per heavy atom. The van der Waals surface area contributed by atoms with Crippen LogP contribution in [0.4, 0.5) is 5.82 Å². The van der Waals surface area contributed by atoms with Crippen LogP contribution in [-0.4, -0.2) is 61.9 Å². The minimum absolute atomic E-state index is 0.0769. The summed E-state index contributed by atoms with van der Waals surface area (Å²) in [6.45, 7) is 10.1. The number of morpholine rings is 1. The lowest BCUT2D eigenvalue weighted by Crippen LogP contribution is -2.44. The van der Waals surface area contributed by atoms with Crippen LogP contribution >= 0.6 is 0 Å². The molecule has 9 heteroatoms. The molecule has 0 aromatic carbocycles. The molecule has 0 aliphatic carbocycles. The standard InChI is InChI=1S/C27H33N7O2/c1-4-33-23(15-18(2)31-33)21-16-24(32-12-14-35-17-19(32)3)30-26-20(21)8-10-28-27(26)22-9-11-29-34(22)25-7-5-6-13-36-25/h8-11,15-16,19,25H,4-7,12-14,17H2,1-3H3. The number of nitrogens with zero attached hydrogens (tertiary/aromatic N) is 7. The number of hydrogen-bond donors (Lipinski definition) is 0. The van der Waals surface area contributed by atoms with Gasteiger partial charge in [0.1, 0.15) is 17.0 Å². The zero-order valence-corrected chi connectivity index (χ0v) is 21.2. The quantitative estimate of drug-likeness (QED) is 0.406. The first-order valence-corrected chi connectivity index (χ1v) is 13.0. The predicted molar refractivity (Wildman–Crippen MR) is 139 cm³/mol. The van der Waals surface area contributed by atoms with E-state index < -0.39 is 0 Å². The molecular formula is C27H33N7O2. The molecule has 2 aliphatic rings. The Morgan fingerprint density at radius 3 is 2.81 bits per heavy atom. The molecule has 2 unspecified atom stereocenters. The molecule has 2 atom stereocenters. The molecule has 2 aliphatic heterocycles. The molecule has 2 saturated heterocycles. The van der Waals surface area contributed by atoms with E-state index in [2.05, 4.69) is 46.7 Å². The van der Waals surface area contributed by atoms with Crippen molar-refractivity contribution in [3.05, 3.63) is 42.4 Å². The summed E-state index contributed by atoms with van der Waals surface area (Å²) in [5.74, 6) is 0.934. The molecule has 9 nitrogen and oxygen atoms in total. The van der Waals surface area contributed by atoms with Crippen LogP contribution in [0.15, 0.2) is 36.7 Å². The monoisotopic (exact) mass is 487 g/mol. The molecule has 0 radical (unpaired) electrons. The molecule has 0 bridgehead atoms. The number of pyridine rings is 2. The minimum Gasteiger partial charge on any atom is -0.377 e. The summed E-state index contributed by atoms with van der Waals surface area (Å²) in [7, 11) is 0. The van der Waals surface area contributed by atoms with E-state index >= 15 is 0 Å². The fourth-order valence-corrected chi connectivity index (χ4v) is 5.40.